The molecule has 1 fully saturated rings. The molecule has 1 unspecified atom stereocenters. The van der Waals surface area contributed by atoms with Gasteiger partial charge in [-0.25, -0.2) is 4.79 Å². The van der Waals surface area contributed by atoms with Gasteiger partial charge in [0.1, 0.15) is 0 Å². The first-order valence-corrected chi connectivity index (χ1v) is 5.44. The Kier molecular flexibility index (Phi) is 4.70. The fourth-order valence-corrected chi connectivity index (χ4v) is 1.72. The van der Waals surface area contributed by atoms with Crippen LogP contribution in [0.1, 0.15) is 19.8 Å². The van der Waals surface area contributed by atoms with E-state index in [-0.39, 0.29) is 12.5 Å². The van der Waals surface area contributed by atoms with Gasteiger partial charge in [-0.3, -0.25) is 4.79 Å². The lowest BCUT2D eigenvalue weighted by Crippen LogP contribution is -2.56. The van der Waals surface area contributed by atoms with Crippen LogP contribution in [0.5, 0.6) is 0 Å². The van der Waals surface area contributed by atoms with Gasteiger partial charge in [0.25, 0.3) is 0 Å². The van der Waals surface area contributed by atoms with Crippen molar-refractivity contribution in [3.63, 3.8) is 0 Å². The van der Waals surface area contributed by atoms with Crippen LogP contribution in [0.15, 0.2) is 0 Å². The molecule has 0 aromatic rings. The first kappa shape index (κ1) is 12.9. The lowest BCUT2D eigenvalue weighted by molar-refractivity contribution is -0.158. The summed E-state index contributed by atoms with van der Waals surface area (Å²) in [7, 11) is 0. The van der Waals surface area contributed by atoms with Crippen molar-refractivity contribution >= 4 is 11.9 Å². The van der Waals surface area contributed by atoms with E-state index in [1.165, 1.54) is 4.90 Å². The van der Waals surface area contributed by atoms with Crippen LogP contribution in [0.3, 0.4) is 0 Å². The fraction of sp³-hybridized carbons (Fsp3) is 0.800. The quantitative estimate of drug-likeness (QED) is 0.674. The van der Waals surface area contributed by atoms with Crippen molar-refractivity contribution < 1.29 is 19.4 Å². The standard InChI is InChI=1S/C10H18N2O4/c1-2-3-7(11)9(13)12-4-5-16-6-8(12)10(14)15/h7-8H,2-6,11H2,1H3,(H,14,15)/t7-,8?/m0/s1. The number of carboxylic acid groups (broad SMARTS) is 1. The molecule has 2 atom stereocenters. The van der Waals surface area contributed by atoms with Gasteiger partial charge in [-0.15, -0.1) is 0 Å². The number of carbonyl (C=O) groups excluding carboxylic acids is 1. The van der Waals surface area contributed by atoms with Crippen LogP contribution >= 0.6 is 0 Å². The highest BCUT2D eigenvalue weighted by Crippen LogP contribution is 2.10. The maximum atomic E-state index is 11.9. The minimum atomic E-state index is -1.04. The molecule has 1 heterocycles. The van der Waals surface area contributed by atoms with E-state index >= 15 is 0 Å². The summed E-state index contributed by atoms with van der Waals surface area (Å²) in [5, 5.41) is 8.95. The van der Waals surface area contributed by atoms with Crippen molar-refractivity contribution in [3.8, 4) is 0 Å². The number of carbonyl (C=O) groups is 2. The maximum absolute atomic E-state index is 11.9. The van der Waals surface area contributed by atoms with Crippen molar-refractivity contribution in [2.45, 2.75) is 31.8 Å². The number of hydrogen-bond donors (Lipinski definition) is 2. The zero-order chi connectivity index (χ0) is 12.1. The van der Waals surface area contributed by atoms with E-state index in [2.05, 4.69) is 0 Å². The molecular weight excluding hydrogens is 212 g/mol. The third kappa shape index (κ3) is 2.93. The van der Waals surface area contributed by atoms with E-state index in [0.717, 1.165) is 6.42 Å². The molecule has 0 aromatic heterocycles. The van der Waals surface area contributed by atoms with Gasteiger partial charge in [0.2, 0.25) is 5.91 Å². The normalized spacial score (nSPS) is 22.9. The van der Waals surface area contributed by atoms with Gasteiger partial charge in [0, 0.05) is 6.54 Å². The smallest absolute Gasteiger partial charge is 0.328 e. The van der Waals surface area contributed by atoms with Crippen LogP contribution in [-0.4, -0.2) is 53.7 Å². The Morgan fingerprint density at radius 1 is 1.62 bits per heavy atom. The molecule has 1 rings (SSSR count). The average Bonchev–Trinajstić information content (AvgIpc) is 2.28. The summed E-state index contributed by atoms with van der Waals surface area (Å²) >= 11 is 0. The second kappa shape index (κ2) is 5.81. The van der Waals surface area contributed by atoms with Crippen LogP contribution in [0, 0.1) is 0 Å². The Hall–Kier alpha value is -1.14. The number of nitrogens with zero attached hydrogens (tertiary/aromatic N) is 1. The lowest BCUT2D eigenvalue weighted by atomic mass is 10.1. The monoisotopic (exact) mass is 230 g/mol. The van der Waals surface area contributed by atoms with Crippen molar-refractivity contribution in [1.29, 1.82) is 0 Å². The van der Waals surface area contributed by atoms with Gasteiger partial charge in [-0.1, -0.05) is 13.3 Å². The molecule has 1 aliphatic heterocycles. The van der Waals surface area contributed by atoms with Gasteiger partial charge in [-0.2, -0.15) is 0 Å². The fourth-order valence-electron chi connectivity index (χ4n) is 1.72. The second-order valence-corrected chi connectivity index (χ2v) is 3.86. The topological polar surface area (TPSA) is 92.9 Å². The van der Waals surface area contributed by atoms with Gasteiger partial charge >= 0.3 is 5.97 Å². The molecule has 6 heteroatoms. The number of carboxylic acids is 1. The Balaban J connectivity index is 2.67. The minimum Gasteiger partial charge on any atom is -0.480 e. The van der Waals surface area contributed by atoms with E-state index in [4.69, 9.17) is 15.6 Å². The summed E-state index contributed by atoms with van der Waals surface area (Å²) < 4.78 is 5.05. The van der Waals surface area contributed by atoms with Crippen molar-refractivity contribution in [2.75, 3.05) is 19.8 Å². The van der Waals surface area contributed by atoms with E-state index in [0.29, 0.717) is 19.6 Å². The molecule has 1 aliphatic rings. The molecule has 0 aromatic carbocycles. The zero-order valence-corrected chi connectivity index (χ0v) is 9.39. The Morgan fingerprint density at radius 3 is 2.88 bits per heavy atom. The van der Waals surface area contributed by atoms with E-state index < -0.39 is 18.1 Å². The maximum Gasteiger partial charge on any atom is 0.328 e. The molecule has 92 valence electrons. The van der Waals surface area contributed by atoms with Crippen LogP contribution in [0.25, 0.3) is 0 Å². The molecule has 0 radical (unpaired) electrons. The van der Waals surface area contributed by atoms with Gasteiger partial charge < -0.3 is 20.5 Å². The molecule has 0 spiro atoms. The van der Waals surface area contributed by atoms with Crippen molar-refractivity contribution in [3.05, 3.63) is 0 Å². The van der Waals surface area contributed by atoms with Crippen LogP contribution in [0.4, 0.5) is 0 Å². The summed E-state index contributed by atoms with van der Waals surface area (Å²) in [6, 6.07) is -1.51. The number of hydrogen-bond acceptors (Lipinski definition) is 4. The molecule has 0 aliphatic carbocycles. The number of morpholine rings is 1. The molecular formula is C10H18N2O4. The Morgan fingerprint density at radius 2 is 2.31 bits per heavy atom. The predicted octanol–water partition coefficient (Wildman–Crippen LogP) is -0.574. The van der Waals surface area contributed by atoms with E-state index in [9.17, 15) is 9.59 Å². The van der Waals surface area contributed by atoms with Gasteiger partial charge in [-0.05, 0) is 6.42 Å². The zero-order valence-electron chi connectivity index (χ0n) is 9.39. The first-order chi connectivity index (χ1) is 7.57. The summed E-state index contributed by atoms with van der Waals surface area (Å²) in [6.07, 6.45) is 1.37. The highest BCUT2D eigenvalue weighted by atomic mass is 16.5. The molecule has 3 N–H and O–H groups in total. The van der Waals surface area contributed by atoms with Crippen molar-refractivity contribution in [2.24, 2.45) is 5.73 Å². The van der Waals surface area contributed by atoms with Gasteiger partial charge in [0.15, 0.2) is 6.04 Å². The second-order valence-electron chi connectivity index (χ2n) is 3.86. The highest BCUT2D eigenvalue weighted by Gasteiger charge is 2.34. The van der Waals surface area contributed by atoms with Crippen LogP contribution in [0.2, 0.25) is 0 Å². The summed E-state index contributed by atoms with van der Waals surface area (Å²) in [5.74, 6) is -1.34. The average molecular weight is 230 g/mol. The van der Waals surface area contributed by atoms with E-state index in [1.807, 2.05) is 6.92 Å². The number of aliphatic carboxylic acids is 1. The Bertz CT molecular complexity index is 270. The first-order valence-electron chi connectivity index (χ1n) is 5.44. The molecule has 1 amide bonds. The largest absolute Gasteiger partial charge is 0.480 e. The highest BCUT2D eigenvalue weighted by molar-refractivity contribution is 5.87. The summed E-state index contributed by atoms with van der Waals surface area (Å²) in [6.45, 7) is 2.64. The predicted molar refractivity (Wildman–Crippen MR) is 56.8 cm³/mol. The SMILES string of the molecule is CCC[C@H](N)C(=O)N1CCOCC1C(=O)O. The molecule has 6 nitrogen and oxygen atoms in total. The molecule has 1 saturated heterocycles. The van der Waals surface area contributed by atoms with Crippen molar-refractivity contribution in [1.82, 2.24) is 4.90 Å². The number of ether oxygens (including phenoxy) is 1. The Labute approximate surface area is 94.3 Å². The molecule has 0 bridgehead atoms. The third-order valence-electron chi connectivity index (χ3n) is 2.61. The van der Waals surface area contributed by atoms with E-state index in [1.54, 1.807) is 0 Å². The van der Waals surface area contributed by atoms with Crippen LogP contribution < -0.4 is 5.73 Å². The van der Waals surface area contributed by atoms with Crippen LogP contribution in [-0.2, 0) is 14.3 Å². The number of rotatable bonds is 4. The number of nitrogens with two attached hydrogens (primary N) is 1. The summed E-state index contributed by atoms with van der Waals surface area (Å²) in [4.78, 5) is 24.1. The summed E-state index contributed by atoms with van der Waals surface area (Å²) in [5.41, 5.74) is 5.70. The molecule has 16 heavy (non-hydrogen) atoms. The lowest BCUT2D eigenvalue weighted by Gasteiger charge is -2.34. The third-order valence-corrected chi connectivity index (χ3v) is 2.61. The van der Waals surface area contributed by atoms with Gasteiger partial charge in [0.05, 0.1) is 19.3 Å². The number of amides is 1. The minimum absolute atomic E-state index is 0.0416. The molecule has 0 saturated carbocycles.